The summed E-state index contributed by atoms with van der Waals surface area (Å²) < 4.78 is 16.7. The maximum atomic E-state index is 12.9. The quantitative estimate of drug-likeness (QED) is 0.189. The number of methoxy groups -OCH3 is 1. The average molecular weight is 748 g/mol. The number of anilines is 2. The Hall–Kier alpha value is -4.26. The van der Waals surface area contributed by atoms with Crippen LogP contribution in [0.4, 0.5) is 16.2 Å². The molecule has 0 spiro atoms. The number of nitrogens with two attached hydrogens (primary N) is 1. The van der Waals surface area contributed by atoms with Crippen LogP contribution in [-0.2, 0) is 25.5 Å². The number of epoxide rings is 1. The van der Waals surface area contributed by atoms with Crippen LogP contribution < -0.4 is 20.7 Å². The molecule has 3 aliphatic rings. The van der Waals surface area contributed by atoms with E-state index in [1.807, 2.05) is 18.2 Å². The molecule has 4 atom stereocenters. The number of carboxylic acids is 1. The molecule has 2 fully saturated rings. The summed E-state index contributed by atoms with van der Waals surface area (Å²) in [4.78, 5) is 50.0. The Labute approximate surface area is 309 Å². The molecule has 0 aromatic heterocycles. The number of halogens is 2. The van der Waals surface area contributed by atoms with E-state index in [9.17, 15) is 19.2 Å². The number of nitrogens with zero attached hydrogens (tertiary/aromatic N) is 2. The molecule has 0 radical (unpaired) electrons. The second kappa shape index (κ2) is 19.4. The number of carbonyl (C=O) groups is 4. The van der Waals surface area contributed by atoms with Gasteiger partial charge in [0.25, 0.3) is 5.91 Å². The summed E-state index contributed by atoms with van der Waals surface area (Å²) in [6, 6.07) is 8.80. The molecule has 0 aliphatic carbocycles. The molecule has 4 N–H and O–H groups in total. The third-order valence-corrected chi connectivity index (χ3v) is 9.00. The Bertz CT molecular complexity index is 1630. The molecule has 3 heterocycles. The van der Waals surface area contributed by atoms with Gasteiger partial charge in [0.2, 0.25) is 5.91 Å². The molecule has 3 amide bonds. The standard InChI is InChI=1S/C25H31ClN2O5.C11H14N2O3.CH3Cl/c1-15-6-4-5-7-17-13-18(32-25(30)27-17)14-21-20(33-21)8-9-23(29)28(2)19-11-16(10-15)12-22(31-3)24(19)26;1-7-5-8(12)3-4-9(7)11(16)13(2)6-10(14)15;1-2/h4-6,11-12,17-18,20-21H,7-10,13-14H2,1-3H3,(H,27,30);3-5H,6,12H2,1-2H3,(H,14,15);1H3/b5-4+,15-6+;;. The lowest BCUT2D eigenvalue weighted by Crippen LogP contribution is -2.45. The zero-order valence-electron chi connectivity index (χ0n) is 29.9. The zero-order chi connectivity index (χ0) is 37.8. The fraction of sp³-hybridized carbons (Fsp3) is 0.459. The molecule has 5 rings (SSSR count). The van der Waals surface area contributed by atoms with Gasteiger partial charge in [-0.2, -0.15) is 0 Å². The number of fused-ring (bicyclic) bond motifs is 5. The van der Waals surface area contributed by atoms with E-state index in [0.717, 1.165) is 34.4 Å². The minimum Gasteiger partial charge on any atom is -0.495 e. The number of nitrogen functional groups attached to an aromatic ring is 1. The summed E-state index contributed by atoms with van der Waals surface area (Å²) in [5.41, 5.74) is 10.2. The number of alkyl halides is 1. The summed E-state index contributed by atoms with van der Waals surface area (Å²) in [5, 5.41) is 11.9. The SMILES string of the molecule is CCl.COc1cc2cc(c1Cl)N(C)C(=O)CCC1OC1CC1CC(C/C=C/C=C(\C)C2)NC(=O)O1.Cc1cc(N)ccc1C(=O)N(C)CC(=O)O. The van der Waals surface area contributed by atoms with Gasteiger partial charge in [-0.3, -0.25) is 14.4 Å². The maximum Gasteiger partial charge on any atom is 0.407 e. The summed E-state index contributed by atoms with van der Waals surface area (Å²) in [5.74, 6) is -0.845. The van der Waals surface area contributed by atoms with Crippen molar-refractivity contribution in [2.45, 2.75) is 76.7 Å². The number of carboxylic acid groups (broad SMARTS) is 1. The van der Waals surface area contributed by atoms with Gasteiger partial charge < -0.3 is 40.2 Å². The van der Waals surface area contributed by atoms with E-state index in [1.165, 1.54) is 13.4 Å². The van der Waals surface area contributed by atoms with Crippen LogP contribution in [0.3, 0.4) is 0 Å². The van der Waals surface area contributed by atoms with Gasteiger partial charge in [0.1, 0.15) is 23.4 Å². The zero-order valence-corrected chi connectivity index (χ0v) is 31.4. The van der Waals surface area contributed by atoms with Gasteiger partial charge in [0, 0.05) is 57.0 Å². The predicted molar refractivity (Wildman–Crippen MR) is 199 cm³/mol. The van der Waals surface area contributed by atoms with E-state index >= 15 is 0 Å². The number of likely N-dealkylation sites (N-methyl/N-ethyl adjacent to an activating group) is 1. The number of nitrogens with one attached hydrogen (secondary N) is 1. The van der Waals surface area contributed by atoms with E-state index in [-0.39, 0.29) is 48.8 Å². The first-order valence-corrected chi connectivity index (χ1v) is 17.7. The molecule has 4 bridgehead atoms. The number of alkyl carbamates (subject to hydrolysis) is 1. The number of amides is 3. The van der Waals surface area contributed by atoms with Gasteiger partial charge in [-0.1, -0.05) is 35.4 Å². The van der Waals surface area contributed by atoms with Gasteiger partial charge in [0.05, 0.1) is 25.0 Å². The van der Waals surface area contributed by atoms with Crippen molar-refractivity contribution in [3.63, 3.8) is 0 Å². The number of aliphatic carboxylic acids is 1. The first-order chi connectivity index (χ1) is 24.2. The van der Waals surface area contributed by atoms with Crippen LogP contribution >= 0.6 is 23.2 Å². The molecule has 4 unspecified atom stereocenters. The number of benzene rings is 2. The number of ether oxygens (including phenoxy) is 3. The van der Waals surface area contributed by atoms with Gasteiger partial charge >= 0.3 is 12.1 Å². The Kier molecular flexibility index (Phi) is 15.6. The second-order valence-electron chi connectivity index (χ2n) is 12.7. The molecule has 51 heavy (non-hydrogen) atoms. The van der Waals surface area contributed by atoms with Crippen molar-refractivity contribution in [1.82, 2.24) is 10.2 Å². The number of rotatable bonds is 4. The normalized spacial score (nSPS) is 23.2. The van der Waals surface area contributed by atoms with Gasteiger partial charge in [0.15, 0.2) is 0 Å². The van der Waals surface area contributed by atoms with E-state index in [4.69, 9.17) is 36.7 Å². The topological polar surface area (TPSA) is 164 Å². The van der Waals surface area contributed by atoms with Crippen molar-refractivity contribution in [2.24, 2.45) is 0 Å². The van der Waals surface area contributed by atoms with Crippen molar-refractivity contribution in [3.05, 3.63) is 75.8 Å². The average Bonchev–Trinajstić information content (AvgIpc) is 3.83. The van der Waals surface area contributed by atoms with Gasteiger partial charge in [-0.15, -0.1) is 11.6 Å². The van der Waals surface area contributed by atoms with Crippen LogP contribution in [0.1, 0.15) is 60.5 Å². The summed E-state index contributed by atoms with van der Waals surface area (Å²) >= 11 is 11.2. The van der Waals surface area contributed by atoms with Gasteiger partial charge in [-0.05, 0) is 74.6 Å². The van der Waals surface area contributed by atoms with Crippen molar-refractivity contribution in [1.29, 1.82) is 0 Å². The van der Waals surface area contributed by atoms with E-state index in [1.54, 1.807) is 44.2 Å². The molecule has 278 valence electrons. The Balaban J connectivity index is 0.000000328. The molecule has 3 aliphatic heterocycles. The highest BCUT2D eigenvalue weighted by Crippen LogP contribution is 2.38. The van der Waals surface area contributed by atoms with Crippen LogP contribution in [0.15, 0.2) is 54.1 Å². The van der Waals surface area contributed by atoms with Crippen LogP contribution in [0, 0.1) is 6.92 Å². The first kappa shape index (κ1) is 41.2. The van der Waals surface area contributed by atoms with Crippen LogP contribution in [0.5, 0.6) is 5.75 Å². The maximum absolute atomic E-state index is 12.9. The van der Waals surface area contributed by atoms with E-state index < -0.39 is 5.97 Å². The number of allylic oxidation sites excluding steroid dienone is 3. The minimum atomic E-state index is -1.04. The third-order valence-electron chi connectivity index (χ3n) is 8.62. The molecule has 2 aromatic rings. The lowest BCUT2D eigenvalue weighted by Gasteiger charge is -2.29. The van der Waals surface area contributed by atoms with E-state index in [0.29, 0.717) is 53.4 Å². The summed E-state index contributed by atoms with van der Waals surface area (Å²) in [7, 11) is 4.76. The Morgan fingerprint density at radius 2 is 1.86 bits per heavy atom. The largest absolute Gasteiger partial charge is 0.495 e. The van der Waals surface area contributed by atoms with Crippen molar-refractivity contribution in [3.8, 4) is 5.75 Å². The number of aryl methyl sites for hydroxylation is 1. The Morgan fingerprint density at radius 3 is 2.53 bits per heavy atom. The van der Waals surface area contributed by atoms with Crippen LogP contribution in [0.2, 0.25) is 5.02 Å². The highest BCUT2D eigenvalue weighted by Gasteiger charge is 2.42. The molecule has 14 heteroatoms. The van der Waals surface area contributed by atoms with Gasteiger partial charge in [-0.25, -0.2) is 4.79 Å². The fourth-order valence-corrected chi connectivity index (χ4v) is 6.25. The highest BCUT2D eigenvalue weighted by atomic mass is 35.5. The van der Waals surface area contributed by atoms with E-state index in [2.05, 4.69) is 36.0 Å². The fourth-order valence-electron chi connectivity index (χ4n) is 5.94. The van der Waals surface area contributed by atoms with Crippen LogP contribution in [0.25, 0.3) is 0 Å². The number of hydrogen-bond acceptors (Lipinski definition) is 8. The molecule has 2 aromatic carbocycles. The van der Waals surface area contributed by atoms with Crippen molar-refractivity contribution >= 4 is 58.5 Å². The molecule has 0 saturated carbocycles. The van der Waals surface area contributed by atoms with Crippen molar-refractivity contribution in [2.75, 3.05) is 44.8 Å². The Morgan fingerprint density at radius 1 is 1.14 bits per heavy atom. The predicted octanol–water partition coefficient (Wildman–Crippen LogP) is 6.15. The summed E-state index contributed by atoms with van der Waals surface area (Å²) in [6.45, 7) is 3.50. The highest BCUT2D eigenvalue weighted by molar-refractivity contribution is 6.35. The lowest BCUT2D eigenvalue weighted by molar-refractivity contribution is -0.137. The summed E-state index contributed by atoms with van der Waals surface area (Å²) in [6.07, 6.45) is 10.9. The van der Waals surface area contributed by atoms with Crippen molar-refractivity contribution < 1.29 is 38.5 Å². The monoisotopic (exact) mass is 746 g/mol. The molecular formula is C37H48Cl2N4O8. The lowest BCUT2D eigenvalue weighted by atomic mass is 9.99. The molecule has 12 nitrogen and oxygen atoms in total. The molecule has 2 saturated heterocycles. The number of hydrogen-bond donors (Lipinski definition) is 3. The number of carbonyl (C=O) groups excluding carboxylic acids is 3. The minimum absolute atomic E-state index is 0.0135. The second-order valence-corrected chi connectivity index (χ2v) is 13.0. The smallest absolute Gasteiger partial charge is 0.407 e. The van der Waals surface area contributed by atoms with Crippen LogP contribution in [-0.4, -0.2) is 92.4 Å². The third kappa shape index (κ3) is 12.2. The first-order valence-electron chi connectivity index (χ1n) is 16.5. The molecular weight excluding hydrogens is 699 g/mol.